The molecule has 1 fully saturated rings. The van der Waals surface area contributed by atoms with Crippen LogP contribution in [0.3, 0.4) is 0 Å². The van der Waals surface area contributed by atoms with Crippen molar-refractivity contribution < 1.29 is 0 Å². The van der Waals surface area contributed by atoms with E-state index in [1.54, 1.807) is 0 Å². The summed E-state index contributed by atoms with van der Waals surface area (Å²) in [5.74, 6) is 0.675. The van der Waals surface area contributed by atoms with Gasteiger partial charge in [0, 0.05) is 25.2 Å². The highest BCUT2D eigenvalue weighted by Crippen LogP contribution is 2.32. The van der Waals surface area contributed by atoms with Crippen molar-refractivity contribution in [1.82, 2.24) is 15.1 Å². The molecule has 0 amide bonds. The third-order valence-corrected chi connectivity index (χ3v) is 3.58. The predicted octanol–water partition coefficient (Wildman–Crippen LogP) is 2.45. The van der Waals surface area contributed by atoms with Crippen LogP contribution < -0.4 is 5.32 Å². The van der Waals surface area contributed by atoms with Crippen molar-refractivity contribution in [2.45, 2.75) is 51.0 Å². The first-order valence-corrected chi connectivity index (χ1v) is 6.53. The van der Waals surface area contributed by atoms with Crippen molar-refractivity contribution >= 4 is 0 Å². The van der Waals surface area contributed by atoms with E-state index in [1.165, 1.54) is 37.7 Å². The van der Waals surface area contributed by atoms with E-state index in [9.17, 15) is 0 Å². The van der Waals surface area contributed by atoms with Crippen molar-refractivity contribution in [3.8, 4) is 0 Å². The van der Waals surface area contributed by atoms with Gasteiger partial charge in [0.15, 0.2) is 0 Å². The average molecular weight is 221 g/mol. The van der Waals surface area contributed by atoms with Crippen molar-refractivity contribution in [2.75, 3.05) is 6.54 Å². The van der Waals surface area contributed by atoms with Gasteiger partial charge in [0.2, 0.25) is 0 Å². The number of hydrogen-bond donors (Lipinski definition) is 1. The largest absolute Gasteiger partial charge is 0.313 e. The maximum Gasteiger partial charge on any atom is 0.0525 e. The van der Waals surface area contributed by atoms with E-state index < -0.39 is 0 Å². The van der Waals surface area contributed by atoms with E-state index in [4.69, 9.17) is 0 Å². The molecule has 1 aliphatic rings. The molecule has 1 aliphatic carbocycles. The Bertz CT molecular complexity index is 319. The van der Waals surface area contributed by atoms with Crippen LogP contribution in [0.15, 0.2) is 12.4 Å². The second-order valence-corrected chi connectivity index (χ2v) is 4.90. The van der Waals surface area contributed by atoms with Gasteiger partial charge < -0.3 is 5.32 Å². The topological polar surface area (TPSA) is 29.9 Å². The number of aromatic nitrogens is 2. The van der Waals surface area contributed by atoms with Crippen molar-refractivity contribution in [2.24, 2.45) is 7.05 Å². The first kappa shape index (κ1) is 11.6. The molecule has 16 heavy (non-hydrogen) atoms. The summed E-state index contributed by atoms with van der Waals surface area (Å²) in [4.78, 5) is 0. The van der Waals surface area contributed by atoms with Crippen LogP contribution in [0.2, 0.25) is 0 Å². The third-order valence-electron chi connectivity index (χ3n) is 3.58. The summed E-state index contributed by atoms with van der Waals surface area (Å²) in [5, 5.41) is 7.99. The van der Waals surface area contributed by atoms with Gasteiger partial charge in [0.1, 0.15) is 0 Å². The minimum atomic E-state index is 0.665. The first-order valence-electron chi connectivity index (χ1n) is 6.53. The van der Waals surface area contributed by atoms with Gasteiger partial charge in [-0.3, -0.25) is 4.68 Å². The van der Waals surface area contributed by atoms with Gasteiger partial charge in [-0.25, -0.2) is 0 Å². The van der Waals surface area contributed by atoms with Crippen LogP contribution in [0.1, 0.15) is 50.5 Å². The highest BCUT2D eigenvalue weighted by atomic mass is 15.2. The van der Waals surface area contributed by atoms with Crippen LogP contribution in [-0.2, 0) is 7.05 Å². The first-order chi connectivity index (χ1) is 7.81. The van der Waals surface area contributed by atoms with Gasteiger partial charge in [-0.2, -0.15) is 5.10 Å². The number of rotatable bonds is 4. The Morgan fingerprint density at radius 1 is 1.44 bits per heavy atom. The minimum Gasteiger partial charge on any atom is -0.313 e. The summed E-state index contributed by atoms with van der Waals surface area (Å²) in [7, 11) is 2.00. The van der Waals surface area contributed by atoms with Crippen LogP contribution >= 0.6 is 0 Å². The molecule has 0 radical (unpaired) electrons. The summed E-state index contributed by atoms with van der Waals surface area (Å²) >= 11 is 0. The van der Waals surface area contributed by atoms with Crippen LogP contribution in [0.25, 0.3) is 0 Å². The molecule has 0 saturated heterocycles. The van der Waals surface area contributed by atoms with E-state index in [-0.39, 0.29) is 0 Å². The highest BCUT2D eigenvalue weighted by molar-refractivity contribution is 5.15. The average Bonchev–Trinajstić information content (AvgIpc) is 2.73. The number of nitrogens with zero attached hydrogens (tertiary/aromatic N) is 2. The maximum atomic E-state index is 4.30. The second kappa shape index (κ2) is 5.48. The van der Waals surface area contributed by atoms with Crippen LogP contribution in [0.5, 0.6) is 0 Å². The molecule has 1 saturated carbocycles. The van der Waals surface area contributed by atoms with Crippen molar-refractivity contribution in [3.63, 3.8) is 0 Å². The third kappa shape index (κ3) is 2.64. The molecule has 0 bridgehead atoms. The van der Waals surface area contributed by atoms with Crippen molar-refractivity contribution in [3.05, 3.63) is 18.0 Å². The standard InChI is InChI=1S/C13H23N3/c1-3-8-14-13-7-5-4-6-12(13)11-9-15-16(2)10-11/h9-10,12-14H,3-8H2,1-2H3. The minimum absolute atomic E-state index is 0.665. The lowest BCUT2D eigenvalue weighted by atomic mass is 9.81. The molecule has 0 aliphatic heterocycles. The van der Waals surface area contributed by atoms with Gasteiger partial charge in [0.25, 0.3) is 0 Å². The van der Waals surface area contributed by atoms with Gasteiger partial charge in [-0.05, 0) is 31.4 Å². The summed E-state index contributed by atoms with van der Waals surface area (Å²) in [6.45, 7) is 3.37. The summed E-state index contributed by atoms with van der Waals surface area (Å²) < 4.78 is 1.92. The molecule has 2 unspecified atom stereocenters. The van der Waals surface area contributed by atoms with Crippen LogP contribution in [0, 0.1) is 0 Å². The zero-order chi connectivity index (χ0) is 11.4. The molecule has 3 nitrogen and oxygen atoms in total. The van der Waals surface area contributed by atoms with E-state index >= 15 is 0 Å². The van der Waals surface area contributed by atoms with E-state index in [2.05, 4.69) is 23.5 Å². The Morgan fingerprint density at radius 3 is 2.94 bits per heavy atom. The van der Waals surface area contributed by atoms with Gasteiger partial charge >= 0.3 is 0 Å². The summed E-state index contributed by atoms with van der Waals surface area (Å²) in [6.07, 6.45) is 10.8. The predicted molar refractivity (Wildman–Crippen MR) is 66.5 cm³/mol. The molecule has 1 aromatic rings. The van der Waals surface area contributed by atoms with Gasteiger partial charge in [-0.15, -0.1) is 0 Å². The van der Waals surface area contributed by atoms with E-state index in [0.717, 1.165) is 6.54 Å². The lowest BCUT2D eigenvalue weighted by molar-refractivity contribution is 0.328. The fourth-order valence-corrected chi connectivity index (χ4v) is 2.74. The quantitative estimate of drug-likeness (QED) is 0.846. The lowest BCUT2D eigenvalue weighted by Gasteiger charge is -2.31. The van der Waals surface area contributed by atoms with E-state index in [0.29, 0.717) is 12.0 Å². The zero-order valence-electron chi connectivity index (χ0n) is 10.4. The Morgan fingerprint density at radius 2 is 2.25 bits per heavy atom. The van der Waals surface area contributed by atoms with E-state index in [1.807, 2.05) is 17.9 Å². The molecule has 0 spiro atoms. The molecule has 3 heteroatoms. The maximum absolute atomic E-state index is 4.30. The Hall–Kier alpha value is -0.830. The molecular formula is C13H23N3. The molecule has 1 heterocycles. The molecule has 90 valence electrons. The lowest BCUT2D eigenvalue weighted by Crippen LogP contribution is -2.37. The molecule has 2 rings (SSSR count). The fourth-order valence-electron chi connectivity index (χ4n) is 2.74. The fraction of sp³-hybridized carbons (Fsp3) is 0.769. The molecule has 2 atom stereocenters. The SMILES string of the molecule is CCCNC1CCCCC1c1cnn(C)c1. The Balaban J connectivity index is 2.04. The Labute approximate surface area is 98.2 Å². The highest BCUT2D eigenvalue weighted by Gasteiger charge is 2.26. The molecule has 0 aromatic carbocycles. The number of hydrogen-bond acceptors (Lipinski definition) is 2. The number of aryl methyl sites for hydroxylation is 1. The normalized spacial score (nSPS) is 25.9. The van der Waals surface area contributed by atoms with Gasteiger partial charge in [-0.1, -0.05) is 19.8 Å². The van der Waals surface area contributed by atoms with Crippen molar-refractivity contribution in [1.29, 1.82) is 0 Å². The summed E-state index contributed by atoms with van der Waals surface area (Å²) in [6, 6.07) is 0.665. The smallest absolute Gasteiger partial charge is 0.0525 e. The monoisotopic (exact) mass is 221 g/mol. The van der Waals surface area contributed by atoms with Gasteiger partial charge in [0.05, 0.1) is 6.20 Å². The Kier molecular flexibility index (Phi) is 3.99. The second-order valence-electron chi connectivity index (χ2n) is 4.90. The zero-order valence-corrected chi connectivity index (χ0v) is 10.4. The van der Waals surface area contributed by atoms with Crippen LogP contribution in [0.4, 0.5) is 0 Å². The van der Waals surface area contributed by atoms with Crippen LogP contribution in [-0.4, -0.2) is 22.4 Å². The summed E-state index contributed by atoms with van der Waals surface area (Å²) in [5.41, 5.74) is 1.41. The number of nitrogens with one attached hydrogen (secondary N) is 1. The molecule has 1 aromatic heterocycles. The molecule has 1 N–H and O–H groups in total. The molecular weight excluding hydrogens is 198 g/mol.